The van der Waals surface area contributed by atoms with Crippen LogP contribution in [-0.2, 0) is 9.59 Å². The van der Waals surface area contributed by atoms with Crippen molar-refractivity contribution in [3.8, 4) is 11.8 Å². The van der Waals surface area contributed by atoms with Gasteiger partial charge in [0.2, 0.25) is 0 Å². The van der Waals surface area contributed by atoms with Gasteiger partial charge >= 0.3 is 0 Å². The molecule has 0 aliphatic rings. The molecule has 0 spiro atoms. The summed E-state index contributed by atoms with van der Waals surface area (Å²) >= 11 is 6.66. The highest BCUT2D eigenvalue weighted by atomic mass is 79.9. The number of nitrogens with two attached hydrogens (primary N) is 1. The fourth-order valence-corrected chi connectivity index (χ4v) is 3.43. The summed E-state index contributed by atoms with van der Waals surface area (Å²) in [7, 11) is 0. The van der Waals surface area contributed by atoms with E-state index in [-0.39, 0.29) is 12.2 Å². The van der Waals surface area contributed by atoms with E-state index in [4.69, 9.17) is 10.5 Å². The SMILES string of the molecule is N#C/C(=C\c1cc(Br)c(OCC(N)=O)c(Br)c1)C(=O)Nc1ccccc1. The first-order valence-corrected chi connectivity index (χ1v) is 8.87. The summed E-state index contributed by atoms with van der Waals surface area (Å²) in [5.41, 5.74) is 6.20. The monoisotopic (exact) mass is 477 g/mol. The van der Waals surface area contributed by atoms with Crippen LogP contribution < -0.4 is 15.8 Å². The van der Waals surface area contributed by atoms with Crippen molar-refractivity contribution in [1.82, 2.24) is 0 Å². The molecule has 2 amide bonds. The molecule has 0 saturated carbocycles. The number of benzene rings is 2. The van der Waals surface area contributed by atoms with Crippen molar-refractivity contribution in [2.75, 3.05) is 11.9 Å². The van der Waals surface area contributed by atoms with Crippen LogP contribution in [0.4, 0.5) is 5.69 Å². The van der Waals surface area contributed by atoms with Gasteiger partial charge in [0.1, 0.15) is 17.4 Å². The van der Waals surface area contributed by atoms with Gasteiger partial charge in [0.05, 0.1) is 8.95 Å². The summed E-state index contributed by atoms with van der Waals surface area (Å²) in [5, 5.41) is 12.0. The van der Waals surface area contributed by atoms with Crippen LogP contribution in [0.25, 0.3) is 6.08 Å². The summed E-state index contributed by atoms with van der Waals surface area (Å²) in [5.74, 6) is -0.717. The Morgan fingerprint density at radius 2 is 1.81 bits per heavy atom. The molecule has 0 heterocycles. The normalized spacial score (nSPS) is 10.7. The fourth-order valence-electron chi connectivity index (χ4n) is 1.98. The van der Waals surface area contributed by atoms with Crippen LogP contribution in [0.3, 0.4) is 0 Å². The number of carbonyl (C=O) groups is 2. The first-order valence-electron chi connectivity index (χ1n) is 7.29. The molecule has 2 aromatic rings. The van der Waals surface area contributed by atoms with Crippen LogP contribution in [0.5, 0.6) is 5.75 Å². The van der Waals surface area contributed by atoms with Gasteiger partial charge in [0, 0.05) is 5.69 Å². The van der Waals surface area contributed by atoms with Crippen molar-refractivity contribution in [3.05, 3.63) is 62.5 Å². The Morgan fingerprint density at radius 3 is 2.35 bits per heavy atom. The molecule has 0 unspecified atom stereocenters. The third-order valence-electron chi connectivity index (χ3n) is 3.09. The molecule has 0 aliphatic heterocycles. The minimum absolute atomic E-state index is 0.0570. The summed E-state index contributed by atoms with van der Waals surface area (Å²) in [6.45, 7) is -0.269. The zero-order chi connectivity index (χ0) is 19.1. The molecule has 0 saturated heterocycles. The first-order chi connectivity index (χ1) is 12.4. The van der Waals surface area contributed by atoms with Crippen molar-refractivity contribution in [2.24, 2.45) is 5.73 Å². The highest BCUT2D eigenvalue weighted by molar-refractivity contribution is 9.11. The van der Waals surface area contributed by atoms with Gasteiger partial charge in [-0.05, 0) is 67.8 Å². The van der Waals surface area contributed by atoms with Gasteiger partial charge in [0.15, 0.2) is 6.61 Å². The van der Waals surface area contributed by atoms with Gasteiger partial charge in [-0.1, -0.05) is 18.2 Å². The average Bonchev–Trinajstić information content (AvgIpc) is 2.59. The molecule has 0 radical (unpaired) electrons. The van der Waals surface area contributed by atoms with E-state index in [1.165, 1.54) is 6.08 Å². The lowest BCUT2D eigenvalue weighted by Gasteiger charge is -2.10. The Kier molecular flexibility index (Phi) is 6.95. The number of carbonyl (C=O) groups excluding carboxylic acids is 2. The van der Waals surface area contributed by atoms with E-state index >= 15 is 0 Å². The van der Waals surface area contributed by atoms with Crippen molar-refractivity contribution < 1.29 is 14.3 Å². The topological polar surface area (TPSA) is 105 Å². The van der Waals surface area contributed by atoms with Crippen molar-refractivity contribution in [2.45, 2.75) is 0 Å². The second-order valence-electron chi connectivity index (χ2n) is 5.06. The van der Waals surface area contributed by atoms with Crippen LogP contribution in [0.2, 0.25) is 0 Å². The molecule has 0 aliphatic carbocycles. The lowest BCUT2D eigenvalue weighted by molar-refractivity contribution is -0.120. The van der Waals surface area contributed by atoms with Crippen molar-refractivity contribution in [1.29, 1.82) is 5.26 Å². The summed E-state index contributed by atoms with van der Waals surface area (Å²) < 4.78 is 6.39. The van der Waals surface area contributed by atoms with Gasteiger partial charge in [-0.2, -0.15) is 5.26 Å². The van der Waals surface area contributed by atoms with Gasteiger partial charge in [-0.25, -0.2) is 0 Å². The first kappa shape index (κ1) is 19.7. The largest absolute Gasteiger partial charge is 0.481 e. The third-order valence-corrected chi connectivity index (χ3v) is 4.27. The average molecular weight is 479 g/mol. The molecule has 3 N–H and O–H groups in total. The number of amides is 2. The highest BCUT2D eigenvalue weighted by Gasteiger charge is 2.13. The molecule has 0 atom stereocenters. The maximum Gasteiger partial charge on any atom is 0.266 e. The van der Waals surface area contributed by atoms with E-state index < -0.39 is 11.8 Å². The van der Waals surface area contributed by atoms with Crippen LogP contribution in [-0.4, -0.2) is 18.4 Å². The molecule has 2 rings (SSSR count). The molecule has 132 valence electrons. The quantitative estimate of drug-likeness (QED) is 0.488. The second-order valence-corrected chi connectivity index (χ2v) is 6.77. The number of primary amides is 1. The summed E-state index contributed by atoms with van der Waals surface area (Å²) in [6.07, 6.45) is 1.45. The number of para-hydroxylation sites is 1. The zero-order valence-electron chi connectivity index (χ0n) is 13.3. The Labute approximate surface area is 166 Å². The van der Waals surface area contributed by atoms with Crippen molar-refractivity contribution >= 4 is 55.4 Å². The van der Waals surface area contributed by atoms with E-state index in [1.54, 1.807) is 36.4 Å². The Balaban J connectivity index is 2.24. The summed E-state index contributed by atoms with van der Waals surface area (Å²) in [6, 6.07) is 14.1. The lowest BCUT2D eigenvalue weighted by atomic mass is 10.1. The van der Waals surface area contributed by atoms with E-state index in [1.807, 2.05) is 12.1 Å². The highest BCUT2D eigenvalue weighted by Crippen LogP contribution is 2.35. The molecule has 6 nitrogen and oxygen atoms in total. The fraction of sp³-hybridized carbons (Fsp3) is 0.0556. The lowest BCUT2D eigenvalue weighted by Crippen LogP contribution is -2.20. The maximum atomic E-state index is 12.3. The van der Waals surface area contributed by atoms with Gasteiger partial charge in [-0.3, -0.25) is 9.59 Å². The predicted molar refractivity (Wildman–Crippen MR) is 105 cm³/mol. The second kappa shape index (κ2) is 9.17. The number of nitrogens with zero attached hydrogens (tertiary/aromatic N) is 1. The van der Waals surface area contributed by atoms with Gasteiger partial charge in [0.25, 0.3) is 11.8 Å². The predicted octanol–water partition coefficient (Wildman–Crippen LogP) is 3.62. The molecule has 0 aromatic heterocycles. The minimum Gasteiger partial charge on any atom is -0.481 e. The van der Waals surface area contributed by atoms with Crippen LogP contribution in [0, 0.1) is 11.3 Å². The number of nitrogens with one attached hydrogen (secondary N) is 1. The van der Waals surface area contributed by atoms with E-state index in [2.05, 4.69) is 37.2 Å². The Bertz CT molecular complexity index is 883. The molecular weight excluding hydrogens is 466 g/mol. The molecule has 2 aromatic carbocycles. The maximum absolute atomic E-state index is 12.3. The number of nitriles is 1. The zero-order valence-corrected chi connectivity index (χ0v) is 16.5. The van der Waals surface area contributed by atoms with E-state index in [0.29, 0.717) is 25.9 Å². The molecule has 26 heavy (non-hydrogen) atoms. The Morgan fingerprint density at radius 1 is 1.19 bits per heavy atom. The number of halogens is 2. The number of hydrogen-bond donors (Lipinski definition) is 2. The van der Waals surface area contributed by atoms with Crippen LogP contribution in [0.1, 0.15) is 5.56 Å². The van der Waals surface area contributed by atoms with E-state index in [9.17, 15) is 14.9 Å². The van der Waals surface area contributed by atoms with Gasteiger partial charge in [-0.15, -0.1) is 0 Å². The number of rotatable bonds is 6. The third kappa shape index (κ3) is 5.44. The van der Waals surface area contributed by atoms with Crippen LogP contribution >= 0.6 is 31.9 Å². The summed E-state index contributed by atoms with van der Waals surface area (Å²) in [4.78, 5) is 23.1. The standard InChI is InChI=1S/C18H13Br2N3O3/c19-14-7-11(8-15(20)17(14)26-10-16(22)24)6-12(9-21)18(25)23-13-4-2-1-3-5-13/h1-8H,10H2,(H2,22,24)(H,23,25)/b12-6+. The molecular formula is C18H13Br2N3O3. The smallest absolute Gasteiger partial charge is 0.266 e. The Hall–Kier alpha value is -2.63. The number of ether oxygens (including phenoxy) is 1. The van der Waals surface area contributed by atoms with Crippen LogP contribution in [0.15, 0.2) is 57.0 Å². The van der Waals surface area contributed by atoms with Gasteiger partial charge < -0.3 is 15.8 Å². The number of hydrogen-bond acceptors (Lipinski definition) is 4. The minimum atomic E-state index is -0.600. The van der Waals surface area contributed by atoms with E-state index in [0.717, 1.165) is 0 Å². The number of anilines is 1. The molecule has 0 fully saturated rings. The molecule has 8 heteroatoms. The molecule has 0 bridgehead atoms. The van der Waals surface area contributed by atoms with Crippen molar-refractivity contribution in [3.63, 3.8) is 0 Å².